The fraction of sp³-hybridized carbons (Fsp3) is 0.176. The summed E-state index contributed by atoms with van der Waals surface area (Å²) in [6.45, 7) is 0.177. The lowest BCUT2D eigenvalue weighted by Crippen LogP contribution is -2.24. The Kier molecular flexibility index (Phi) is 5.47. The van der Waals surface area contributed by atoms with Crippen LogP contribution in [0.4, 0.5) is 0 Å². The first-order valence-corrected chi connectivity index (χ1v) is 8.45. The molecule has 1 heterocycles. The summed E-state index contributed by atoms with van der Waals surface area (Å²) < 4.78 is 12.9. The van der Waals surface area contributed by atoms with Crippen LogP contribution in [-0.2, 0) is 6.54 Å². The number of carbonyl (C=O) groups is 1. The number of benzene rings is 2. The molecule has 0 aliphatic carbocycles. The maximum Gasteiger partial charge on any atom is 0.251 e. The molecule has 134 valence electrons. The van der Waals surface area contributed by atoms with E-state index < -0.39 is 0 Å². The maximum absolute atomic E-state index is 12.4. The standard InChI is InChI=1S/C17H16BrN5O3/c1-25-14-8-3-11(9-15(14)26-2)17(24)19-10-16-20-21-22-23(16)13-6-4-12(18)5-7-13/h3-9H,10H2,1-2H3,(H,19,24). The van der Waals surface area contributed by atoms with E-state index in [9.17, 15) is 4.79 Å². The second-order valence-corrected chi connectivity index (χ2v) is 6.15. The number of carbonyl (C=O) groups excluding carboxylic acids is 1. The van der Waals surface area contributed by atoms with Crippen LogP contribution < -0.4 is 14.8 Å². The predicted octanol–water partition coefficient (Wildman–Crippen LogP) is 2.37. The van der Waals surface area contributed by atoms with Gasteiger partial charge >= 0.3 is 0 Å². The number of nitrogens with zero attached hydrogens (tertiary/aromatic N) is 4. The number of amides is 1. The van der Waals surface area contributed by atoms with Gasteiger partial charge in [0.05, 0.1) is 26.5 Å². The van der Waals surface area contributed by atoms with Gasteiger partial charge in [0.1, 0.15) is 0 Å². The van der Waals surface area contributed by atoms with Gasteiger partial charge in [-0.05, 0) is 52.9 Å². The first kappa shape index (κ1) is 17.9. The monoisotopic (exact) mass is 417 g/mol. The van der Waals surface area contributed by atoms with E-state index in [0.717, 1.165) is 10.2 Å². The fourth-order valence-electron chi connectivity index (χ4n) is 2.34. The summed E-state index contributed by atoms with van der Waals surface area (Å²) in [4.78, 5) is 12.4. The zero-order valence-electron chi connectivity index (χ0n) is 14.1. The molecule has 1 amide bonds. The SMILES string of the molecule is COc1ccc(C(=O)NCc2nnnn2-c2ccc(Br)cc2)cc1OC. The van der Waals surface area contributed by atoms with Crippen LogP contribution in [0.3, 0.4) is 0 Å². The summed E-state index contributed by atoms with van der Waals surface area (Å²) in [6, 6.07) is 12.5. The highest BCUT2D eigenvalue weighted by molar-refractivity contribution is 9.10. The van der Waals surface area contributed by atoms with E-state index in [4.69, 9.17) is 9.47 Å². The van der Waals surface area contributed by atoms with Gasteiger partial charge in [0.15, 0.2) is 17.3 Å². The van der Waals surface area contributed by atoms with E-state index in [1.54, 1.807) is 30.0 Å². The van der Waals surface area contributed by atoms with Crippen LogP contribution in [0.15, 0.2) is 46.9 Å². The Hall–Kier alpha value is -2.94. The third-order valence-corrected chi connectivity index (χ3v) is 4.19. The van der Waals surface area contributed by atoms with Crippen molar-refractivity contribution in [2.45, 2.75) is 6.54 Å². The van der Waals surface area contributed by atoms with Crippen LogP contribution in [0, 0.1) is 0 Å². The molecule has 0 saturated carbocycles. The van der Waals surface area contributed by atoms with Gasteiger partial charge in [-0.2, -0.15) is 4.68 Å². The third kappa shape index (κ3) is 3.83. The zero-order valence-corrected chi connectivity index (χ0v) is 15.7. The number of halogens is 1. The number of nitrogens with one attached hydrogen (secondary N) is 1. The topological polar surface area (TPSA) is 91.2 Å². The molecule has 0 fully saturated rings. The molecule has 8 nitrogen and oxygen atoms in total. The first-order chi connectivity index (χ1) is 12.6. The van der Waals surface area contributed by atoms with E-state index >= 15 is 0 Å². The van der Waals surface area contributed by atoms with Crippen LogP contribution in [-0.4, -0.2) is 40.3 Å². The summed E-state index contributed by atoms with van der Waals surface area (Å²) in [6.07, 6.45) is 0. The van der Waals surface area contributed by atoms with Gasteiger partial charge in [0, 0.05) is 10.0 Å². The average Bonchev–Trinajstić information content (AvgIpc) is 3.14. The molecule has 0 aliphatic rings. The Bertz CT molecular complexity index is 911. The molecule has 9 heteroatoms. The Morgan fingerprint density at radius 1 is 1.12 bits per heavy atom. The van der Waals surface area contributed by atoms with Gasteiger partial charge < -0.3 is 14.8 Å². The van der Waals surface area contributed by atoms with E-state index in [-0.39, 0.29) is 12.5 Å². The van der Waals surface area contributed by atoms with Crippen LogP contribution in [0.2, 0.25) is 0 Å². The summed E-state index contributed by atoms with van der Waals surface area (Å²) in [5, 5.41) is 14.4. The molecule has 0 atom stereocenters. The normalized spacial score (nSPS) is 10.4. The van der Waals surface area contributed by atoms with Crippen molar-refractivity contribution in [3.05, 3.63) is 58.3 Å². The van der Waals surface area contributed by atoms with E-state index in [1.165, 1.54) is 7.11 Å². The van der Waals surface area contributed by atoms with Crippen LogP contribution in [0.1, 0.15) is 16.2 Å². The number of hydrogen-bond donors (Lipinski definition) is 1. The van der Waals surface area contributed by atoms with E-state index in [1.807, 2.05) is 24.3 Å². The molecule has 3 rings (SSSR count). The molecule has 0 aliphatic heterocycles. The Labute approximate surface area is 158 Å². The van der Waals surface area contributed by atoms with Crippen molar-refractivity contribution in [1.82, 2.24) is 25.5 Å². The van der Waals surface area contributed by atoms with E-state index in [2.05, 4.69) is 36.8 Å². The molecule has 2 aromatic carbocycles. The average molecular weight is 418 g/mol. The lowest BCUT2D eigenvalue weighted by atomic mass is 10.2. The lowest BCUT2D eigenvalue weighted by molar-refractivity contribution is 0.0949. The quantitative estimate of drug-likeness (QED) is 0.661. The van der Waals surface area contributed by atoms with Crippen molar-refractivity contribution < 1.29 is 14.3 Å². The minimum atomic E-state index is -0.267. The van der Waals surface area contributed by atoms with Crippen molar-refractivity contribution in [2.24, 2.45) is 0 Å². The Morgan fingerprint density at radius 3 is 2.54 bits per heavy atom. The number of methoxy groups -OCH3 is 2. The van der Waals surface area contributed by atoms with Crippen LogP contribution in [0.5, 0.6) is 11.5 Å². The molecule has 1 N–H and O–H groups in total. The molecule has 0 unspecified atom stereocenters. The summed E-state index contributed by atoms with van der Waals surface area (Å²) >= 11 is 3.39. The van der Waals surface area contributed by atoms with Gasteiger partial charge in [0.25, 0.3) is 5.91 Å². The minimum absolute atomic E-state index is 0.177. The maximum atomic E-state index is 12.4. The van der Waals surface area contributed by atoms with Crippen molar-refractivity contribution >= 4 is 21.8 Å². The van der Waals surface area contributed by atoms with Gasteiger partial charge in [-0.1, -0.05) is 15.9 Å². The fourth-order valence-corrected chi connectivity index (χ4v) is 2.60. The number of tetrazole rings is 1. The Morgan fingerprint density at radius 2 is 1.85 bits per heavy atom. The predicted molar refractivity (Wildman–Crippen MR) is 97.6 cm³/mol. The molecule has 0 spiro atoms. The summed E-state index contributed by atoms with van der Waals surface area (Å²) in [5.74, 6) is 1.29. The minimum Gasteiger partial charge on any atom is -0.493 e. The highest BCUT2D eigenvalue weighted by Gasteiger charge is 2.13. The molecule has 1 aromatic heterocycles. The second-order valence-electron chi connectivity index (χ2n) is 5.24. The number of hydrogen-bond acceptors (Lipinski definition) is 6. The summed E-state index contributed by atoms with van der Waals surface area (Å²) in [5.41, 5.74) is 1.25. The van der Waals surface area contributed by atoms with Crippen molar-refractivity contribution in [3.8, 4) is 17.2 Å². The van der Waals surface area contributed by atoms with Gasteiger partial charge in [-0.3, -0.25) is 4.79 Å². The second kappa shape index (κ2) is 7.96. The number of rotatable bonds is 6. The highest BCUT2D eigenvalue weighted by Crippen LogP contribution is 2.27. The van der Waals surface area contributed by atoms with Crippen LogP contribution in [0.25, 0.3) is 5.69 Å². The molecular formula is C17H16BrN5O3. The first-order valence-electron chi connectivity index (χ1n) is 7.66. The van der Waals surface area contributed by atoms with Gasteiger partial charge in [0.2, 0.25) is 0 Å². The van der Waals surface area contributed by atoms with Crippen molar-refractivity contribution in [3.63, 3.8) is 0 Å². The molecular weight excluding hydrogens is 402 g/mol. The third-order valence-electron chi connectivity index (χ3n) is 3.66. The van der Waals surface area contributed by atoms with Gasteiger partial charge in [-0.15, -0.1) is 5.10 Å². The number of aromatic nitrogens is 4. The van der Waals surface area contributed by atoms with E-state index in [0.29, 0.717) is 22.9 Å². The molecule has 26 heavy (non-hydrogen) atoms. The largest absolute Gasteiger partial charge is 0.493 e. The van der Waals surface area contributed by atoms with Gasteiger partial charge in [-0.25, -0.2) is 0 Å². The molecule has 0 bridgehead atoms. The molecule has 0 radical (unpaired) electrons. The lowest BCUT2D eigenvalue weighted by Gasteiger charge is -2.10. The van der Waals surface area contributed by atoms with Crippen molar-refractivity contribution in [2.75, 3.05) is 14.2 Å². The van der Waals surface area contributed by atoms with Crippen LogP contribution >= 0.6 is 15.9 Å². The molecule has 3 aromatic rings. The smallest absolute Gasteiger partial charge is 0.251 e. The number of ether oxygens (including phenoxy) is 2. The molecule has 0 saturated heterocycles. The Balaban J connectivity index is 1.73. The van der Waals surface area contributed by atoms with Crippen molar-refractivity contribution in [1.29, 1.82) is 0 Å². The summed E-state index contributed by atoms with van der Waals surface area (Å²) in [7, 11) is 3.06. The highest BCUT2D eigenvalue weighted by atomic mass is 79.9. The zero-order chi connectivity index (χ0) is 18.5.